The van der Waals surface area contributed by atoms with E-state index in [2.05, 4.69) is 10.2 Å². The Morgan fingerprint density at radius 2 is 2.20 bits per heavy atom. The molecule has 0 spiro atoms. The average Bonchev–Trinajstić information content (AvgIpc) is 2.70. The van der Waals surface area contributed by atoms with E-state index in [1.807, 2.05) is 24.3 Å². The number of nitrogens with one attached hydrogen (secondary N) is 1. The summed E-state index contributed by atoms with van der Waals surface area (Å²) in [6.07, 6.45) is -0.845. The molecule has 1 heterocycles. The Kier molecular flexibility index (Phi) is 2.68. The van der Waals surface area contributed by atoms with Crippen molar-refractivity contribution in [2.75, 3.05) is 14.2 Å². The van der Waals surface area contributed by atoms with Gasteiger partial charge < -0.3 is 5.11 Å². The standard InChI is InChI=1S/C10H13N3O2/c1-13(15-2)10(14)9-7-5-3-4-6-8(7)11-12-9/h3-6,10,14H,1-2H3,(H,11,12). The molecule has 1 aromatic carbocycles. The molecule has 0 aliphatic heterocycles. The van der Waals surface area contributed by atoms with Crippen LogP contribution in [-0.4, -0.2) is 34.5 Å². The topological polar surface area (TPSA) is 61.4 Å². The molecule has 15 heavy (non-hydrogen) atoms. The molecular formula is C10H13N3O2. The van der Waals surface area contributed by atoms with Crippen LogP contribution in [0.15, 0.2) is 24.3 Å². The van der Waals surface area contributed by atoms with E-state index in [4.69, 9.17) is 4.84 Å². The number of hydroxylamine groups is 2. The van der Waals surface area contributed by atoms with Crippen LogP contribution in [0, 0.1) is 0 Å². The summed E-state index contributed by atoms with van der Waals surface area (Å²) in [7, 11) is 3.15. The van der Waals surface area contributed by atoms with Crippen molar-refractivity contribution in [3.05, 3.63) is 30.0 Å². The second-order valence-electron chi connectivity index (χ2n) is 3.26. The molecule has 0 radical (unpaired) electrons. The highest BCUT2D eigenvalue weighted by Gasteiger charge is 2.18. The molecule has 2 rings (SSSR count). The summed E-state index contributed by atoms with van der Waals surface area (Å²) in [4.78, 5) is 4.92. The Hall–Kier alpha value is -1.43. The van der Waals surface area contributed by atoms with Gasteiger partial charge in [0.15, 0.2) is 6.23 Å². The number of aliphatic hydroxyl groups excluding tert-OH is 1. The van der Waals surface area contributed by atoms with Crippen LogP contribution in [0.4, 0.5) is 0 Å². The Labute approximate surface area is 87.2 Å². The molecule has 2 N–H and O–H groups in total. The highest BCUT2D eigenvalue weighted by Crippen LogP contribution is 2.22. The number of rotatable bonds is 3. The molecule has 80 valence electrons. The second kappa shape index (κ2) is 3.98. The van der Waals surface area contributed by atoms with Crippen molar-refractivity contribution in [2.45, 2.75) is 6.23 Å². The lowest BCUT2D eigenvalue weighted by molar-refractivity contribution is -0.207. The monoisotopic (exact) mass is 207 g/mol. The van der Waals surface area contributed by atoms with Gasteiger partial charge in [-0.2, -0.15) is 10.2 Å². The predicted molar refractivity (Wildman–Crippen MR) is 55.8 cm³/mol. The molecule has 0 saturated heterocycles. The lowest BCUT2D eigenvalue weighted by Crippen LogP contribution is -2.23. The Balaban J connectivity index is 2.43. The fourth-order valence-corrected chi connectivity index (χ4v) is 1.46. The smallest absolute Gasteiger partial charge is 0.172 e. The Bertz CT molecular complexity index is 455. The fourth-order valence-electron chi connectivity index (χ4n) is 1.46. The first kappa shape index (κ1) is 10.1. The van der Waals surface area contributed by atoms with Crippen LogP contribution in [0.5, 0.6) is 0 Å². The molecular weight excluding hydrogens is 194 g/mol. The van der Waals surface area contributed by atoms with E-state index >= 15 is 0 Å². The second-order valence-corrected chi connectivity index (χ2v) is 3.26. The molecule has 1 unspecified atom stereocenters. The van der Waals surface area contributed by atoms with Crippen molar-refractivity contribution >= 4 is 10.9 Å². The fraction of sp³-hybridized carbons (Fsp3) is 0.300. The summed E-state index contributed by atoms with van der Waals surface area (Å²) >= 11 is 0. The number of H-pyrrole nitrogens is 1. The lowest BCUT2D eigenvalue weighted by atomic mass is 10.2. The summed E-state index contributed by atoms with van der Waals surface area (Å²) in [5.74, 6) is 0. The van der Waals surface area contributed by atoms with Crippen LogP contribution in [0.3, 0.4) is 0 Å². The minimum absolute atomic E-state index is 0.634. The number of benzene rings is 1. The molecule has 0 saturated carbocycles. The number of fused-ring (bicyclic) bond motifs is 1. The van der Waals surface area contributed by atoms with Crippen LogP contribution in [0.1, 0.15) is 11.9 Å². The predicted octanol–water partition coefficient (Wildman–Crippen LogP) is 1.05. The van der Waals surface area contributed by atoms with E-state index < -0.39 is 6.23 Å². The van der Waals surface area contributed by atoms with Gasteiger partial charge in [-0.05, 0) is 6.07 Å². The average molecular weight is 207 g/mol. The third-order valence-corrected chi connectivity index (χ3v) is 2.38. The first-order valence-corrected chi connectivity index (χ1v) is 4.62. The number of para-hydroxylation sites is 1. The third-order valence-electron chi connectivity index (χ3n) is 2.38. The van der Waals surface area contributed by atoms with Crippen LogP contribution < -0.4 is 0 Å². The molecule has 0 amide bonds. The molecule has 1 aromatic heterocycles. The zero-order valence-corrected chi connectivity index (χ0v) is 8.64. The van der Waals surface area contributed by atoms with E-state index in [9.17, 15) is 5.11 Å². The van der Waals surface area contributed by atoms with E-state index in [0.717, 1.165) is 10.9 Å². The largest absolute Gasteiger partial charge is 0.371 e. The Morgan fingerprint density at radius 3 is 2.93 bits per heavy atom. The Morgan fingerprint density at radius 1 is 1.47 bits per heavy atom. The number of aliphatic hydroxyl groups is 1. The maximum absolute atomic E-state index is 9.91. The molecule has 0 fully saturated rings. The highest BCUT2D eigenvalue weighted by molar-refractivity contribution is 5.81. The van der Waals surface area contributed by atoms with Gasteiger partial charge in [0, 0.05) is 12.4 Å². The van der Waals surface area contributed by atoms with Gasteiger partial charge in [0.2, 0.25) is 0 Å². The number of nitrogens with zero attached hydrogens (tertiary/aromatic N) is 2. The van der Waals surface area contributed by atoms with E-state index in [1.54, 1.807) is 7.05 Å². The van der Waals surface area contributed by atoms with E-state index in [-0.39, 0.29) is 0 Å². The molecule has 5 heteroatoms. The maximum atomic E-state index is 9.91. The van der Waals surface area contributed by atoms with Gasteiger partial charge in [-0.25, -0.2) is 0 Å². The first-order chi connectivity index (χ1) is 7.24. The number of aromatic amines is 1. The lowest BCUT2D eigenvalue weighted by Gasteiger charge is -2.19. The van der Waals surface area contributed by atoms with Gasteiger partial charge in [0.25, 0.3) is 0 Å². The maximum Gasteiger partial charge on any atom is 0.172 e. The number of aromatic nitrogens is 2. The van der Waals surface area contributed by atoms with Crippen molar-refractivity contribution < 1.29 is 9.94 Å². The quantitative estimate of drug-likeness (QED) is 0.583. The highest BCUT2D eigenvalue weighted by atomic mass is 16.7. The minimum atomic E-state index is -0.845. The first-order valence-electron chi connectivity index (χ1n) is 4.62. The van der Waals surface area contributed by atoms with Crippen molar-refractivity contribution in [3.63, 3.8) is 0 Å². The van der Waals surface area contributed by atoms with Crippen LogP contribution >= 0.6 is 0 Å². The van der Waals surface area contributed by atoms with Crippen molar-refractivity contribution in [1.29, 1.82) is 0 Å². The van der Waals surface area contributed by atoms with Gasteiger partial charge in [0.1, 0.15) is 0 Å². The van der Waals surface area contributed by atoms with Gasteiger partial charge in [-0.15, -0.1) is 0 Å². The van der Waals surface area contributed by atoms with Crippen LogP contribution in [0.25, 0.3) is 10.9 Å². The molecule has 5 nitrogen and oxygen atoms in total. The minimum Gasteiger partial charge on any atom is -0.371 e. The number of hydrogen-bond acceptors (Lipinski definition) is 4. The van der Waals surface area contributed by atoms with E-state index in [1.165, 1.54) is 12.2 Å². The van der Waals surface area contributed by atoms with Crippen molar-refractivity contribution in [2.24, 2.45) is 0 Å². The van der Waals surface area contributed by atoms with E-state index in [0.29, 0.717) is 5.69 Å². The third kappa shape index (κ3) is 1.72. The molecule has 0 bridgehead atoms. The summed E-state index contributed by atoms with van der Waals surface area (Å²) < 4.78 is 0. The molecule has 0 aliphatic carbocycles. The zero-order chi connectivity index (χ0) is 10.8. The van der Waals surface area contributed by atoms with Gasteiger partial charge in [-0.3, -0.25) is 9.94 Å². The van der Waals surface area contributed by atoms with Crippen molar-refractivity contribution in [1.82, 2.24) is 15.3 Å². The molecule has 1 atom stereocenters. The summed E-state index contributed by atoms with van der Waals surface area (Å²) in [6, 6.07) is 7.59. The van der Waals surface area contributed by atoms with Crippen LogP contribution in [0.2, 0.25) is 0 Å². The normalized spacial score (nSPS) is 13.6. The summed E-state index contributed by atoms with van der Waals surface area (Å²) in [5.41, 5.74) is 1.46. The van der Waals surface area contributed by atoms with Gasteiger partial charge in [-0.1, -0.05) is 18.2 Å². The number of hydrogen-bond donors (Lipinski definition) is 2. The SMILES string of the molecule is CON(C)C(O)c1[nH]nc2ccccc12. The summed E-state index contributed by atoms with van der Waals surface area (Å²) in [6.45, 7) is 0. The molecule has 0 aliphatic rings. The van der Waals surface area contributed by atoms with Gasteiger partial charge >= 0.3 is 0 Å². The van der Waals surface area contributed by atoms with Crippen molar-refractivity contribution in [3.8, 4) is 0 Å². The summed E-state index contributed by atoms with van der Waals surface area (Å²) in [5, 5.41) is 19.0. The zero-order valence-electron chi connectivity index (χ0n) is 8.64. The molecule has 2 aromatic rings. The van der Waals surface area contributed by atoms with Crippen LogP contribution in [-0.2, 0) is 4.84 Å². The van der Waals surface area contributed by atoms with Gasteiger partial charge in [0.05, 0.1) is 18.3 Å².